The number of amides is 2. The number of nitrogens with two attached hydrogens (primary N) is 1. The van der Waals surface area contributed by atoms with E-state index in [2.05, 4.69) is 10.4 Å². The SMILES string of the molecule is NC(=O)C1CC(C(=O)Nc2ccc(Cl)cc2)=NN1c1ccc(F)cc1. The number of halogens is 2. The van der Waals surface area contributed by atoms with E-state index in [4.69, 9.17) is 17.3 Å². The van der Waals surface area contributed by atoms with Gasteiger partial charge in [-0.15, -0.1) is 0 Å². The second-order valence-corrected chi connectivity index (χ2v) is 5.89. The van der Waals surface area contributed by atoms with Crippen molar-refractivity contribution in [2.24, 2.45) is 10.8 Å². The van der Waals surface area contributed by atoms with Gasteiger partial charge in [0.25, 0.3) is 5.91 Å². The summed E-state index contributed by atoms with van der Waals surface area (Å²) in [5, 5.41) is 8.76. The van der Waals surface area contributed by atoms with E-state index in [0.717, 1.165) is 0 Å². The quantitative estimate of drug-likeness (QED) is 0.878. The number of carbonyl (C=O) groups excluding carboxylic acids is 2. The van der Waals surface area contributed by atoms with E-state index < -0.39 is 23.7 Å². The Kier molecular flexibility index (Phi) is 4.67. The molecule has 0 fully saturated rings. The first-order valence-electron chi connectivity index (χ1n) is 7.42. The molecule has 1 unspecified atom stereocenters. The Labute approximate surface area is 148 Å². The molecule has 1 aliphatic rings. The molecular weight excluding hydrogens is 347 g/mol. The van der Waals surface area contributed by atoms with Crippen LogP contribution in [0.3, 0.4) is 0 Å². The van der Waals surface area contributed by atoms with Gasteiger partial charge in [-0.3, -0.25) is 14.6 Å². The van der Waals surface area contributed by atoms with Crippen LogP contribution in [0.4, 0.5) is 15.8 Å². The molecule has 2 aromatic rings. The lowest BCUT2D eigenvalue weighted by Gasteiger charge is -2.20. The molecule has 0 bridgehead atoms. The molecule has 3 rings (SSSR count). The van der Waals surface area contributed by atoms with Gasteiger partial charge < -0.3 is 11.1 Å². The number of nitrogens with one attached hydrogen (secondary N) is 1. The van der Waals surface area contributed by atoms with Crippen molar-refractivity contribution in [1.82, 2.24) is 0 Å². The summed E-state index contributed by atoms with van der Waals surface area (Å²) < 4.78 is 13.1. The van der Waals surface area contributed by atoms with Crippen molar-refractivity contribution in [2.45, 2.75) is 12.5 Å². The molecule has 0 aliphatic carbocycles. The molecule has 0 spiro atoms. The normalized spacial score (nSPS) is 16.5. The lowest BCUT2D eigenvalue weighted by atomic mass is 10.1. The van der Waals surface area contributed by atoms with E-state index in [1.807, 2.05) is 0 Å². The molecule has 2 amide bonds. The Morgan fingerprint density at radius 3 is 2.40 bits per heavy atom. The molecular formula is C17H14ClFN4O2. The number of anilines is 2. The van der Waals surface area contributed by atoms with Crippen LogP contribution in [-0.4, -0.2) is 23.6 Å². The largest absolute Gasteiger partial charge is 0.368 e. The molecule has 1 atom stereocenters. The smallest absolute Gasteiger partial charge is 0.271 e. The molecule has 25 heavy (non-hydrogen) atoms. The van der Waals surface area contributed by atoms with Crippen LogP contribution in [0.15, 0.2) is 53.6 Å². The van der Waals surface area contributed by atoms with Gasteiger partial charge in [0.1, 0.15) is 17.6 Å². The summed E-state index contributed by atoms with van der Waals surface area (Å²) in [6, 6.07) is 11.2. The van der Waals surface area contributed by atoms with Crippen LogP contribution in [0.1, 0.15) is 6.42 Å². The fourth-order valence-electron chi connectivity index (χ4n) is 2.44. The van der Waals surface area contributed by atoms with Gasteiger partial charge in [-0.1, -0.05) is 11.6 Å². The summed E-state index contributed by atoms with van der Waals surface area (Å²) in [5.41, 5.74) is 6.59. The number of carbonyl (C=O) groups is 2. The highest BCUT2D eigenvalue weighted by atomic mass is 35.5. The molecule has 0 saturated heterocycles. The number of hydrogen-bond donors (Lipinski definition) is 2. The second kappa shape index (κ2) is 6.90. The Bertz CT molecular complexity index is 837. The van der Waals surface area contributed by atoms with Gasteiger partial charge in [0.15, 0.2) is 0 Å². The van der Waals surface area contributed by atoms with Gasteiger partial charge in [0.05, 0.1) is 5.69 Å². The first-order chi connectivity index (χ1) is 11.9. The van der Waals surface area contributed by atoms with Crippen LogP contribution in [0.2, 0.25) is 5.02 Å². The van der Waals surface area contributed by atoms with Gasteiger partial charge in [-0.25, -0.2) is 4.39 Å². The third-order valence-corrected chi connectivity index (χ3v) is 3.95. The molecule has 6 nitrogen and oxygen atoms in total. The molecule has 2 aromatic carbocycles. The highest BCUT2D eigenvalue weighted by molar-refractivity contribution is 6.44. The molecule has 1 aliphatic heterocycles. The van der Waals surface area contributed by atoms with Crippen molar-refractivity contribution in [1.29, 1.82) is 0 Å². The van der Waals surface area contributed by atoms with Gasteiger partial charge in [0, 0.05) is 17.1 Å². The summed E-state index contributed by atoms with van der Waals surface area (Å²) in [5.74, 6) is -1.48. The summed E-state index contributed by atoms with van der Waals surface area (Å²) in [7, 11) is 0. The van der Waals surface area contributed by atoms with Gasteiger partial charge in [-0.2, -0.15) is 5.10 Å². The lowest BCUT2D eigenvalue weighted by molar-refractivity contribution is -0.119. The van der Waals surface area contributed by atoms with Crippen LogP contribution >= 0.6 is 11.6 Å². The number of hydrazone groups is 1. The molecule has 8 heteroatoms. The van der Waals surface area contributed by atoms with Crippen LogP contribution in [0, 0.1) is 5.82 Å². The third kappa shape index (κ3) is 3.77. The Hall–Kier alpha value is -2.93. The lowest BCUT2D eigenvalue weighted by Crippen LogP contribution is -2.39. The van der Waals surface area contributed by atoms with E-state index in [9.17, 15) is 14.0 Å². The average molecular weight is 361 g/mol. The number of nitrogens with zero attached hydrogens (tertiary/aromatic N) is 2. The first kappa shape index (κ1) is 16.9. The van der Waals surface area contributed by atoms with Crippen LogP contribution in [-0.2, 0) is 9.59 Å². The zero-order valence-electron chi connectivity index (χ0n) is 12.9. The number of benzene rings is 2. The van der Waals surface area contributed by atoms with Gasteiger partial charge in [-0.05, 0) is 48.5 Å². The maximum absolute atomic E-state index is 13.1. The van der Waals surface area contributed by atoms with Gasteiger partial charge >= 0.3 is 0 Å². The van der Waals surface area contributed by atoms with Crippen molar-refractivity contribution >= 4 is 40.5 Å². The minimum Gasteiger partial charge on any atom is -0.368 e. The fraction of sp³-hybridized carbons (Fsp3) is 0.118. The van der Waals surface area contributed by atoms with E-state index in [1.165, 1.54) is 29.3 Å². The van der Waals surface area contributed by atoms with Crippen molar-refractivity contribution in [3.8, 4) is 0 Å². The van der Waals surface area contributed by atoms with Crippen molar-refractivity contribution in [2.75, 3.05) is 10.3 Å². The second-order valence-electron chi connectivity index (χ2n) is 5.45. The van der Waals surface area contributed by atoms with E-state index in [1.54, 1.807) is 24.3 Å². The zero-order valence-corrected chi connectivity index (χ0v) is 13.7. The summed E-state index contributed by atoms with van der Waals surface area (Å²) in [4.78, 5) is 24.1. The van der Waals surface area contributed by atoms with Crippen molar-refractivity contribution < 1.29 is 14.0 Å². The Balaban J connectivity index is 1.82. The zero-order chi connectivity index (χ0) is 18.0. The highest BCUT2D eigenvalue weighted by Crippen LogP contribution is 2.25. The van der Waals surface area contributed by atoms with Crippen LogP contribution in [0.5, 0.6) is 0 Å². The monoisotopic (exact) mass is 360 g/mol. The number of rotatable bonds is 4. The Morgan fingerprint density at radius 2 is 1.80 bits per heavy atom. The molecule has 3 N–H and O–H groups in total. The maximum Gasteiger partial charge on any atom is 0.271 e. The van der Waals surface area contributed by atoms with E-state index in [-0.39, 0.29) is 12.1 Å². The predicted molar refractivity (Wildman–Crippen MR) is 94.0 cm³/mol. The van der Waals surface area contributed by atoms with Crippen molar-refractivity contribution in [3.63, 3.8) is 0 Å². The van der Waals surface area contributed by atoms with Gasteiger partial charge in [0.2, 0.25) is 5.91 Å². The molecule has 128 valence electrons. The number of primary amides is 1. The average Bonchev–Trinajstić information content (AvgIpc) is 3.03. The van der Waals surface area contributed by atoms with Crippen molar-refractivity contribution in [3.05, 3.63) is 59.4 Å². The topological polar surface area (TPSA) is 87.8 Å². The molecule has 1 heterocycles. The Morgan fingerprint density at radius 1 is 1.16 bits per heavy atom. The standard InChI is InChI=1S/C17H14ClFN4O2/c18-10-1-5-12(6-2-10)21-17(25)14-9-15(16(20)24)23(22-14)13-7-3-11(19)4-8-13/h1-8,15H,9H2,(H2,20,24)(H,21,25). The van der Waals surface area contributed by atoms with Crippen LogP contribution < -0.4 is 16.1 Å². The third-order valence-electron chi connectivity index (χ3n) is 3.69. The van der Waals surface area contributed by atoms with E-state index >= 15 is 0 Å². The van der Waals surface area contributed by atoms with E-state index in [0.29, 0.717) is 16.4 Å². The first-order valence-corrected chi connectivity index (χ1v) is 7.80. The maximum atomic E-state index is 13.1. The number of hydrogen-bond acceptors (Lipinski definition) is 4. The fourth-order valence-corrected chi connectivity index (χ4v) is 2.56. The summed E-state index contributed by atoms with van der Waals surface area (Å²) in [6.07, 6.45) is 0.0616. The van der Waals surface area contributed by atoms with Crippen LogP contribution in [0.25, 0.3) is 0 Å². The minimum absolute atomic E-state index is 0.0616. The minimum atomic E-state index is -0.809. The molecule has 0 radical (unpaired) electrons. The summed E-state index contributed by atoms with van der Waals surface area (Å²) >= 11 is 5.81. The predicted octanol–water partition coefficient (Wildman–Crippen LogP) is 2.54. The molecule has 0 aromatic heterocycles. The highest BCUT2D eigenvalue weighted by Gasteiger charge is 2.35. The summed E-state index contributed by atoms with van der Waals surface area (Å²) in [6.45, 7) is 0. The molecule has 0 saturated carbocycles.